The Morgan fingerprint density at radius 1 is 1.00 bits per heavy atom. The summed E-state index contributed by atoms with van der Waals surface area (Å²) in [6.07, 6.45) is 0.994. The quantitative estimate of drug-likeness (QED) is 0.638. The summed E-state index contributed by atoms with van der Waals surface area (Å²) in [7, 11) is 0. The average molecular weight is 365 g/mol. The van der Waals surface area contributed by atoms with Gasteiger partial charge in [-0.05, 0) is 39.9 Å². The lowest BCUT2D eigenvalue weighted by Gasteiger charge is -2.28. The standard InChI is InChI=1S/C21H34O3.C2H6/c1-14(2)13-24-18(22)10-9-15-11-16(20(3,4)5)19(23)17(12-15)21(6,7)8;1-2/h11-12,14,23H,9-10,13H2,1-8H3;1-2H3. The Labute approximate surface area is 161 Å². The summed E-state index contributed by atoms with van der Waals surface area (Å²) < 4.78 is 5.26. The number of aromatic hydroxyl groups is 1. The van der Waals surface area contributed by atoms with Gasteiger partial charge in [0.15, 0.2) is 0 Å². The third-order valence-electron chi connectivity index (χ3n) is 3.98. The molecule has 0 radical (unpaired) electrons. The first-order chi connectivity index (χ1) is 11.8. The molecule has 0 saturated heterocycles. The Hall–Kier alpha value is -1.51. The van der Waals surface area contributed by atoms with E-state index in [4.69, 9.17) is 4.74 Å². The van der Waals surface area contributed by atoms with Crippen LogP contribution in [0.2, 0.25) is 0 Å². The molecule has 1 aromatic rings. The molecule has 1 N–H and O–H groups in total. The number of carbonyl (C=O) groups excluding carboxylic acids is 1. The average Bonchev–Trinajstić information content (AvgIpc) is 2.51. The molecule has 150 valence electrons. The van der Waals surface area contributed by atoms with Gasteiger partial charge in [0.1, 0.15) is 5.75 Å². The number of carbonyl (C=O) groups is 1. The number of hydrogen-bond acceptors (Lipinski definition) is 3. The van der Waals surface area contributed by atoms with Gasteiger partial charge in [0.05, 0.1) is 6.61 Å². The molecule has 0 bridgehead atoms. The van der Waals surface area contributed by atoms with Crippen molar-refractivity contribution in [3.8, 4) is 5.75 Å². The Balaban J connectivity index is 0.00000301. The number of esters is 1. The lowest BCUT2D eigenvalue weighted by atomic mass is 9.78. The van der Waals surface area contributed by atoms with Crippen LogP contribution in [0, 0.1) is 5.92 Å². The van der Waals surface area contributed by atoms with Crippen molar-refractivity contribution in [2.45, 2.75) is 92.9 Å². The van der Waals surface area contributed by atoms with Gasteiger partial charge in [0.2, 0.25) is 0 Å². The summed E-state index contributed by atoms with van der Waals surface area (Å²) in [5.74, 6) is 0.565. The minimum atomic E-state index is -0.161. The predicted molar refractivity (Wildman–Crippen MR) is 111 cm³/mol. The number of phenolic OH excluding ortho intramolecular Hbond substituents is 1. The molecule has 3 heteroatoms. The first-order valence-electron chi connectivity index (χ1n) is 9.85. The fourth-order valence-electron chi connectivity index (χ4n) is 2.56. The van der Waals surface area contributed by atoms with E-state index in [0.29, 0.717) is 31.1 Å². The first-order valence-corrected chi connectivity index (χ1v) is 9.85. The number of ether oxygens (including phenoxy) is 1. The second kappa shape index (κ2) is 9.99. The summed E-state index contributed by atoms with van der Waals surface area (Å²) in [4.78, 5) is 11.9. The van der Waals surface area contributed by atoms with Crippen molar-refractivity contribution in [3.05, 3.63) is 28.8 Å². The van der Waals surface area contributed by atoms with Crippen LogP contribution in [0.15, 0.2) is 12.1 Å². The van der Waals surface area contributed by atoms with Crippen LogP contribution in [-0.2, 0) is 26.8 Å². The summed E-state index contributed by atoms with van der Waals surface area (Å²) in [5, 5.41) is 10.7. The van der Waals surface area contributed by atoms with Gasteiger partial charge in [-0.2, -0.15) is 0 Å². The fourth-order valence-corrected chi connectivity index (χ4v) is 2.56. The van der Waals surface area contributed by atoms with Crippen molar-refractivity contribution in [2.24, 2.45) is 5.92 Å². The van der Waals surface area contributed by atoms with Crippen molar-refractivity contribution < 1.29 is 14.6 Å². The van der Waals surface area contributed by atoms with Gasteiger partial charge in [-0.1, -0.05) is 81.4 Å². The van der Waals surface area contributed by atoms with Gasteiger partial charge in [0, 0.05) is 6.42 Å². The molecule has 1 aromatic carbocycles. The van der Waals surface area contributed by atoms with E-state index in [-0.39, 0.29) is 16.8 Å². The first kappa shape index (κ1) is 24.5. The van der Waals surface area contributed by atoms with Gasteiger partial charge in [-0.15, -0.1) is 0 Å². The highest BCUT2D eigenvalue weighted by Crippen LogP contribution is 2.39. The molecule has 0 fully saturated rings. The van der Waals surface area contributed by atoms with E-state index in [0.717, 1.165) is 16.7 Å². The summed E-state index contributed by atoms with van der Waals surface area (Å²) in [6, 6.07) is 4.06. The highest BCUT2D eigenvalue weighted by molar-refractivity contribution is 5.69. The molecule has 0 atom stereocenters. The SMILES string of the molecule is CC.CC(C)COC(=O)CCc1cc(C(C)(C)C)c(O)c(C(C)(C)C)c1. The van der Waals surface area contributed by atoms with E-state index < -0.39 is 0 Å². The van der Waals surface area contributed by atoms with Crippen LogP contribution >= 0.6 is 0 Å². The van der Waals surface area contributed by atoms with Crippen LogP contribution in [0.4, 0.5) is 0 Å². The van der Waals surface area contributed by atoms with Crippen molar-refractivity contribution in [3.63, 3.8) is 0 Å². The van der Waals surface area contributed by atoms with Crippen LogP contribution in [-0.4, -0.2) is 17.7 Å². The summed E-state index contributed by atoms with van der Waals surface area (Å²) in [6.45, 7) is 21.1. The third kappa shape index (κ3) is 7.80. The summed E-state index contributed by atoms with van der Waals surface area (Å²) in [5.41, 5.74) is 2.63. The van der Waals surface area contributed by atoms with E-state index >= 15 is 0 Å². The van der Waals surface area contributed by atoms with Crippen LogP contribution in [0.5, 0.6) is 5.75 Å². The zero-order chi connectivity index (χ0) is 20.7. The van der Waals surface area contributed by atoms with Crippen LogP contribution in [0.3, 0.4) is 0 Å². The molecule has 0 spiro atoms. The maximum atomic E-state index is 11.9. The number of aryl methyl sites for hydroxylation is 1. The molecule has 0 aliphatic carbocycles. The zero-order valence-corrected chi connectivity index (χ0v) is 18.6. The van der Waals surface area contributed by atoms with E-state index in [1.54, 1.807) is 0 Å². The van der Waals surface area contributed by atoms with Gasteiger partial charge < -0.3 is 9.84 Å². The molecule has 0 unspecified atom stereocenters. The van der Waals surface area contributed by atoms with E-state index in [2.05, 4.69) is 41.5 Å². The van der Waals surface area contributed by atoms with Gasteiger partial charge in [-0.3, -0.25) is 4.79 Å². The van der Waals surface area contributed by atoms with E-state index in [1.165, 1.54) is 0 Å². The lowest BCUT2D eigenvalue weighted by molar-refractivity contribution is -0.144. The maximum Gasteiger partial charge on any atom is 0.306 e. The molecule has 0 amide bonds. The Morgan fingerprint density at radius 2 is 1.42 bits per heavy atom. The fraction of sp³-hybridized carbons (Fsp3) is 0.696. The molecule has 0 saturated carbocycles. The number of phenols is 1. The van der Waals surface area contributed by atoms with E-state index in [1.807, 2.05) is 39.8 Å². The molecule has 26 heavy (non-hydrogen) atoms. The van der Waals surface area contributed by atoms with Crippen molar-refractivity contribution >= 4 is 5.97 Å². The third-order valence-corrected chi connectivity index (χ3v) is 3.98. The number of benzene rings is 1. The number of rotatable bonds is 5. The highest BCUT2D eigenvalue weighted by Gasteiger charge is 2.26. The predicted octanol–water partition coefficient (Wildman–Crippen LogP) is 6.15. The van der Waals surface area contributed by atoms with Crippen molar-refractivity contribution in [1.29, 1.82) is 0 Å². The second-order valence-corrected chi connectivity index (χ2v) is 9.12. The Kier molecular flexibility index (Phi) is 9.41. The molecule has 0 heterocycles. The van der Waals surface area contributed by atoms with Gasteiger partial charge in [-0.25, -0.2) is 0 Å². The molecular weight excluding hydrogens is 324 g/mol. The minimum absolute atomic E-state index is 0.155. The topological polar surface area (TPSA) is 46.5 Å². The van der Waals surface area contributed by atoms with Crippen LogP contribution in [0.25, 0.3) is 0 Å². The molecule has 1 rings (SSSR count). The van der Waals surface area contributed by atoms with Crippen LogP contribution in [0.1, 0.15) is 92.3 Å². The monoisotopic (exact) mass is 364 g/mol. The van der Waals surface area contributed by atoms with Crippen LogP contribution < -0.4 is 0 Å². The molecule has 0 aliphatic rings. The minimum Gasteiger partial charge on any atom is -0.507 e. The highest BCUT2D eigenvalue weighted by atomic mass is 16.5. The molecule has 0 aliphatic heterocycles. The molecule has 3 nitrogen and oxygen atoms in total. The van der Waals surface area contributed by atoms with Crippen molar-refractivity contribution in [2.75, 3.05) is 6.61 Å². The maximum absolute atomic E-state index is 11.9. The number of hydrogen-bond donors (Lipinski definition) is 1. The van der Waals surface area contributed by atoms with Gasteiger partial charge >= 0.3 is 5.97 Å². The smallest absolute Gasteiger partial charge is 0.306 e. The lowest BCUT2D eigenvalue weighted by Crippen LogP contribution is -2.18. The Morgan fingerprint density at radius 3 is 1.77 bits per heavy atom. The van der Waals surface area contributed by atoms with Crippen molar-refractivity contribution in [1.82, 2.24) is 0 Å². The normalized spacial score (nSPS) is 11.8. The van der Waals surface area contributed by atoms with E-state index in [9.17, 15) is 9.90 Å². The largest absolute Gasteiger partial charge is 0.507 e. The molecule has 0 aromatic heterocycles. The zero-order valence-electron chi connectivity index (χ0n) is 18.6. The van der Waals surface area contributed by atoms with Gasteiger partial charge in [0.25, 0.3) is 0 Å². The summed E-state index contributed by atoms with van der Waals surface area (Å²) >= 11 is 0. The second-order valence-electron chi connectivity index (χ2n) is 9.12. The molecular formula is C23H40O3. The Bertz CT molecular complexity index is 537.